The van der Waals surface area contributed by atoms with Gasteiger partial charge in [0.15, 0.2) is 0 Å². The molecule has 80 valence electrons. The smallest absolute Gasteiger partial charge is 0.000969 e. The standard InChI is InChI=1S/C11H26N2/c1-4-5-6-7-10-13(3)11-8-9-12-2/h12H,4-11H2,1-3H3. The van der Waals surface area contributed by atoms with Crippen molar-refractivity contribution in [1.29, 1.82) is 0 Å². The molecule has 0 aliphatic rings. The molecule has 0 aromatic rings. The summed E-state index contributed by atoms with van der Waals surface area (Å²) in [4.78, 5) is 2.44. The summed E-state index contributed by atoms with van der Waals surface area (Å²) in [6, 6.07) is 0. The van der Waals surface area contributed by atoms with Crippen LogP contribution in [-0.2, 0) is 0 Å². The van der Waals surface area contributed by atoms with Gasteiger partial charge in [-0.1, -0.05) is 26.2 Å². The lowest BCUT2D eigenvalue weighted by atomic mass is 10.2. The van der Waals surface area contributed by atoms with Crippen LogP contribution in [0.25, 0.3) is 0 Å². The Kier molecular flexibility index (Phi) is 9.94. The van der Waals surface area contributed by atoms with E-state index in [1.807, 2.05) is 7.05 Å². The maximum atomic E-state index is 3.17. The fraction of sp³-hybridized carbons (Fsp3) is 1.00. The van der Waals surface area contributed by atoms with Crippen molar-refractivity contribution in [3.63, 3.8) is 0 Å². The molecule has 0 atom stereocenters. The Bertz CT molecular complexity index is 94.1. The van der Waals surface area contributed by atoms with E-state index in [4.69, 9.17) is 0 Å². The summed E-state index contributed by atoms with van der Waals surface area (Å²) in [6.07, 6.45) is 6.76. The maximum Gasteiger partial charge on any atom is -0.000969 e. The zero-order chi connectivity index (χ0) is 9.94. The largest absolute Gasteiger partial charge is 0.320 e. The van der Waals surface area contributed by atoms with E-state index < -0.39 is 0 Å². The predicted octanol–water partition coefficient (Wildman–Crippen LogP) is 2.11. The van der Waals surface area contributed by atoms with Crippen molar-refractivity contribution in [2.45, 2.75) is 39.0 Å². The Labute approximate surface area is 83.7 Å². The van der Waals surface area contributed by atoms with E-state index in [2.05, 4.69) is 24.2 Å². The predicted molar refractivity (Wildman–Crippen MR) is 60.2 cm³/mol. The number of hydrogen-bond donors (Lipinski definition) is 1. The molecular weight excluding hydrogens is 160 g/mol. The summed E-state index contributed by atoms with van der Waals surface area (Å²) in [5.74, 6) is 0. The zero-order valence-corrected chi connectivity index (χ0v) is 9.60. The minimum atomic E-state index is 1.14. The fourth-order valence-electron chi connectivity index (χ4n) is 1.45. The molecule has 0 aliphatic heterocycles. The summed E-state index contributed by atoms with van der Waals surface area (Å²) in [7, 11) is 4.24. The molecule has 1 N–H and O–H groups in total. The van der Waals surface area contributed by atoms with Crippen LogP contribution in [-0.4, -0.2) is 38.6 Å². The van der Waals surface area contributed by atoms with Crippen molar-refractivity contribution >= 4 is 0 Å². The summed E-state index contributed by atoms with van der Waals surface area (Å²) in [5, 5.41) is 3.17. The topological polar surface area (TPSA) is 15.3 Å². The lowest BCUT2D eigenvalue weighted by molar-refractivity contribution is 0.319. The molecule has 0 saturated heterocycles. The number of nitrogens with one attached hydrogen (secondary N) is 1. The minimum Gasteiger partial charge on any atom is -0.320 e. The van der Waals surface area contributed by atoms with Crippen LogP contribution in [0.15, 0.2) is 0 Å². The average Bonchev–Trinajstić information content (AvgIpc) is 2.13. The molecule has 0 fully saturated rings. The Morgan fingerprint density at radius 1 is 1.00 bits per heavy atom. The Balaban J connectivity index is 3.05. The van der Waals surface area contributed by atoms with Gasteiger partial charge in [-0.25, -0.2) is 0 Å². The summed E-state index contributed by atoms with van der Waals surface area (Å²) in [6.45, 7) is 5.90. The van der Waals surface area contributed by atoms with Crippen LogP contribution in [0.1, 0.15) is 39.0 Å². The van der Waals surface area contributed by atoms with Crippen molar-refractivity contribution in [2.75, 3.05) is 33.7 Å². The van der Waals surface area contributed by atoms with Gasteiger partial charge in [-0.2, -0.15) is 0 Å². The molecular formula is C11H26N2. The van der Waals surface area contributed by atoms with E-state index in [-0.39, 0.29) is 0 Å². The van der Waals surface area contributed by atoms with Crippen molar-refractivity contribution in [3.05, 3.63) is 0 Å². The van der Waals surface area contributed by atoms with Crippen molar-refractivity contribution in [2.24, 2.45) is 0 Å². The minimum absolute atomic E-state index is 1.14. The molecule has 0 aromatic heterocycles. The highest BCUT2D eigenvalue weighted by Gasteiger charge is 1.96. The third-order valence-corrected chi connectivity index (χ3v) is 2.36. The zero-order valence-electron chi connectivity index (χ0n) is 9.60. The molecule has 0 saturated carbocycles. The second-order valence-electron chi connectivity index (χ2n) is 3.82. The van der Waals surface area contributed by atoms with Gasteiger partial charge in [-0.3, -0.25) is 0 Å². The van der Waals surface area contributed by atoms with Crippen LogP contribution in [0.3, 0.4) is 0 Å². The van der Waals surface area contributed by atoms with Gasteiger partial charge in [0.25, 0.3) is 0 Å². The molecule has 0 unspecified atom stereocenters. The van der Waals surface area contributed by atoms with Crippen molar-refractivity contribution < 1.29 is 0 Å². The fourth-order valence-corrected chi connectivity index (χ4v) is 1.45. The number of nitrogens with zero attached hydrogens (tertiary/aromatic N) is 1. The first-order chi connectivity index (χ1) is 6.31. The molecule has 0 radical (unpaired) electrons. The first kappa shape index (κ1) is 12.9. The van der Waals surface area contributed by atoms with Crippen molar-refractivity contribution in [1.82, 2.24) is 10.2 Å². The van der Waals surface area contributed by atoms with E-state index in [1.165, 1.54) is 45.2 Å². The van der Waals surface area contributed by atoms with Gasteiger partial charge in [0, 0.05) is 0 Å². The Hall–Kier alpha value is -0.0800. The lowest BCUT2D eigenvalue weighted by Crippen LogP contribution is -2.23. The van der Waals surface area contributed by atoms with Crippen LogP contribution >= 0.6 is 0 Å². The highest BCUT2D eigenvalue weighted by atomic mass is 15.1. The monoisotopic (exact) mass is 186 g/mol. The Morgan fingerprint density at radius 3 is 2.31 bits per heavy atom. The molecule has 0 amide bonds. The number of hydrogen-bond acceptors (Lipinski definition) is 2. The van der Waals surface area contributed by atoms with Gasteiger partial charge in [0.1, 0.15) is 0 Å². The molecule has 0 spiro atoms. The van der Waals surface area contributed by atoms with Gasteiger partial charge in [0.2, 0.25) is 0 Å². The van der Waals surface area contributed by atoms with Crippen LogP contribution in [0.2, 0.25) is 0 Å². The third-order valence-electron chi connectivity index (χ3n) is 2.36. The molecule has 0 bridgehead atoms. The second-order valence-corrected chi connectivity index (χ2v) is 3.82. The summed E-state index contributed by atoms with van der Waals surface area (Å²) >= 11 is 0. The third kappa shape index (κ3) is 9.84. The summed E-state index contributed by atoms with van der Waals surface area (Å²) < 4.78 is 0. The van der Waals surface area contributed by atoms with Crippen LogP contribution in [0, 0.1) is 0 Å². The normalized spacial score (nSPS) is 11.1. The van der Waals surface area contributed by atoms with Gasteiger partial charge < -0.3 is 10.2 Å². The lowest BCUT2D eigenvalue weighted by Gasteiger charge is -2.15. The van der Waals surface area contributed by atoms with Gasteiger partial charge in [0.05, 0.1) is 0 Å². The van der Waals surface area contributed by atoms with Crippen molar-refractivity contribution in [3.8, 4) is 0 Å². The van der Waals surface area contributed by atoms with E-state index in [0.717, 1.165) is 6.54 Å². The molecule has 0 rings (SSSR count). The van der Waals surface area contributed by atoms with Gasteiger partial charge in [-0.05, 0) is 46.6 Å². The maximum absolute atomic E-state index is 3.17. The van der Waals surface area contributed by atoms with E-state index in [1.54, 1.807) is 0 Å². The van der Waals surface area contributed by atoms with Crippen LogP contribution < -0.4 is 5.32 Å². The molecule has 0 aliphatic carbocycles. The van der Waals surface area contributed by atoms with Gasteiger partial charge >= 0.3 is 0 Å². The molecule has 0 heterocycles. The van der Waals surface area contributed by atoms with E-state index >= 15 is 0 Å². The van der Waals surface area contributed by atoms with Gasteiger partial charge in [-0.15, -0.1) is 0 Å². The quantitative estimate of drug-likeness (QED) is 0.555. The second kappa shape index (κ2) is 10.0. The highest BCUT2D eigenvalue weighted by molar-refractivity contribution is 4.53. The first-order valence-electron chi connectivity index (χ1n) is 5.64. The van der Waals surface area contributed by atoms with E-state index in [0.29, 0.717) is 0 Å². The number of rotatable bonds is 9. The first-order valence-corrected chi connectivity index (χ1v) is 5.64. The number of unbranched alkanes of at least 4 members (excludes halogenated alkanes) is 3. The average molecular weight is 186 g/mol. The summed E-state index contributed by atoms with van der Waals surface area (Å²) in [5.41, 5.74) is 0. The highest BCUT2D eigenvalue weighted by Crippen LogP contribution is 2.00. The van der Waals surface area contributed by atoms with Crippen LogP contribution in [0.5, 0.6) is 0 Å². The molecule has 2 heteroatoms. The van der Waals surface area contributed by atoms with Crippen LogP contribution in [0.4, 0.5) is 0 Å². The Morgan fingerprint density at radius 2 is 1.69 bits per heavy atom. The molecule has 0 aromatic carbocycles. The molecule has 13 heavy (non-hydrogen) atoms. The molecule has 2 nitrogen and oxygen atoms in total. The van der Waals surface area contributed by atoms with E-state index in [9.17, 15) is 0 Å². The SMILES string of the molecule is CCCCCCN(C)CCCNC.